The number of carbonyl (C=O) groups is 3. The lowest BCUT2D eigenvalue weighted by molar-refractivity contribution is -0.150. The number of carbonyl (C=O) groups excluding carboxylic acids is 2. The van der Waals surface area contributed by atoms with Crippen molar-refractivity contribution in [2.24, 2.45) is 0 Å². The van der Waals surface area contributed by atoms with E-state index in [1.807, 2.05) is 12.1 Å². The standard InChI is InChI=1S/C40H44N3O11P/c1-4-51-40(47)26(2)53-55(48,54-31-13-9-6-10-14-31)25-52-35-18-15-27(22-36(35)49-3)21-33(39(45)46)42-38(44)28-16-17-34-32(23-28)41-37(29-19-20-50-24-29)43(34)30-11-7-5-8-12-30/h6,9-10,13-20,22-24,26,30,33H,4-5,7-8,11-12,21,25H2,1-3H3,(H,42,44)(H,45,46). The first kappa shape index (κ1) is 39.1. The minimum Gasteiger partial charge on any atom is -0.493 e. The molecule has 2 heterocycles. The van der Waals surface area contributed by atoms with Gasteiger partial charge in [-0.3, -0.25) is 9.32 Å². The number of para-hydroxylation sites is 1. The Morgan fingerprint density at radius 3 is 2.49 bits per heavy atom. The smallest absolute Gasteiger partial charge is 0.417 e. The van der Waals surface area contributed by atoms with Crippen molar-refractivity contribution in [2.45, 2.75) is 70.6 Å². The zero-order valence-corrected chi connectivity index (χ0v) is 31.7. The molecule has 1 aliphatic carbocycles. The zero-order valence-electron chi connectivity index (χ0n) is 30.8. The SMILES string of the molecule is CCOC(=O)C(C)OP(=O)(COc1ccc(CC(NC(=O)c2ccc3c(c2)nc(-c2ccoc2)n3C2CCCCC2)C(=O)O)cc1OC)Oc1ccccc1. The Hall–Kier alpha value is -5.59. The molecular formula is C40H44N3O11P. The summed E-state index contributed by atoms with van der Waals surface area (Å²) >= 11 is 0. The van der Waals surface area contributed by atoms with Gasteiger partial charge in [0.1, 0.15) is 23.9 Å². The third-order valence-corrected chi connectivity index (χ3v) is 10.8. The van der Waals surface area contributed by atoms with Gasteiger partial charge in [-0.2, -0.15) is 0 Å². The van der Waals surface area contributed by atoms with E-state index in [-0.39, 0.29) is 41.9 Å². The van der Waals surface area contributed by atoms with Gasteiger partial charge in [-0.15, -0.1) is 0 Å². The van der Waals surface area contributed by atoms with Crippen molar-refractivity contribution in [1.82, 2.24) is 14.9 Å². The van der Waals surface area contributed by atoms with Gasteiger partial charge in [-0.05, 0) is 80.8 Å². The van der Waals surface area contributed by atoms with Crippen molar-refractivity contribution in [3.63, 3.8) is 0 Å². The highest BCUT2D eigenvalue weighted by molar-refractivity contribution is 7.54. The van der Waals surface area contributed by atoms with Crippen molar-refractivity contribution in [3.8, 4) is 28.6 Å². The van der Waals surface area contributed by atoms with Crippen LogP contribution in [-0.2, 0) is 29.8 Å². The van der Waals surface area contributed by atoms with E-state index in [4.69, 9.17) is 32.7 Å². The summed E-state index contributed by atoms with van der Waals surface area (Å²) < 4.78 is 49.1. The van der Waals surface area contributed by atoms with Crippen molar-refractivity contribution in [1.29, 1.82) is 0 Å². The first-order valence-electron chi connectivity index (χ1n) is 18.1. The summed E-state index contributed by atoms with van der Waals surface area (Å²) in [6, 6.07) is 19.1. The van der Waals surface area contributed by atoms with Gasteiger partial charge in [0.15, 0.2) is 17.6 Å². The maximum Gasteiger partial charge on any atom is 0.417 e. The molecule has 0 aliphatic heterocycles. The summed E-state index contributed by atoms with van der Waals surface area (Å²) in [6.45, 7) is 3.15. The van der Waals surface area contributed by atoms with E-state index in [9.17, 15) is 24.1 Å². The second-order valence-corrected chi connectivity index (χ2v) is 15.0. The summed E-state index contributed by atoms with van der Waals surface area (Å²) in [5, 5.41) is 12.8. The number of furan rings is 1. The van der Waals surface area contributed by atoms with Gasteiger partial charge in [0.2, 0.25) is 6.35 Å². The molecule has 2 N–H and O–H groups in total. The van der Waals surface area contributed by atoms with Crippen LogP contribution in [0.3, 0.4) is 0 Å². The van der Waals surface area contributed by atoms with Crippen LogP contribution in [-0.4, -0.2) is 64.7 Å². The Balaban J connectivity index is 1.16. The van der Waals surface area contributed by atoms with Gasteiger partial charge in [-0.1, -0.05) is 43.5 Å². The molecule has 1 fully saturated rings. The van der Waals surface area contributed by atoms with Crippen LogP contribution in [0.15, 0.2) is 89.7 Å². The third-order valence-electron chi connectivity index (χ3n) is 9.25. The second-order valence-electron chi connectivity index (χ2n) is 13.2. The molecule has 14 nitrogen and oxygen atoms in total. The molecule has 55 heavy (non-hydrogen) atoms. The Kier molecular flexibility index (Phi) is 12.6. The molecule has 0 radical (unpaired) electrons. The minimum atomic E-state index is -4.11. The number of carboxylic acids is 1. The van der Waals surface area contributed by atoms with Crippen LogP contribution in [0.4, 0.5) is 0 Å². The number of hydrogen-bond donors (Lipinski definition) is 2. The van der Waals surface area contributed by atoms with E-state index < -0.39 is 43.9 Å². The van der Waals surface area contributed by atoms with Crippen LogP contribution < -0.4 is 19.3 Å². The van der Waals surface area contributed by atoms with Crippen molar-refractivity contribution in [2.75, 3.05) is 20.1 Å². The minimum absolute atomic E-state index is 0.0866. The van der Waals surface area contributed by atoms with Crippen LogP contribution in [0.5, 0.6) is 17.2 Å². The van der Waals surface area contributed by atoms with Crippen molar-refractivity contribution >= 4 is 36.5 Å². The number of hydrogen-bond acceptors (Lipinski definition) is 11. The highest BCUT2D eigenvalue weighted by Crippen LogP contribution is 2.50. The molecule has 3 atom stereocenters. The maximum atomic E-state index is 13.9. The number of ether oxygens (including phenoxy) is 3. The van der Waals surface area contributed by atoms with Crippen LogP contribution >= 0.6 is 7.60 Å². The van der Waals surface area contributed by atoms with Crippen molar-refractivity contribution < 1.29 is 51.7 Å². The van der Waals surface area contributed by atoms with Crippen LogP contribution in [0.25, 0.3) is 22.4 Å². The largest absolute Gasteiger partial charge is 0.493 e. The molecule has 3 aromatic carbocycles. The molecule has 290 valence electrons. The van der Waals surface area contributed by atoms with Gasteiger partial charge in [0.25, 0.3) is 5.91 Å². The number of fused-ring (bicyclic) bond motifs is 1. The summed E-state index contributed by atoms with van der Waals surface area (Å²) in [5.41, 5.74) is 3.15. The molecule has 5 aromatic rings. The monoisotopic (exact) mass is 773 g/mol. The first-order valence-corrected chi connectivity index (χ1v) is 19.9. The fourth-order valence-electron chi connectivity index (χ4n) is 6.59. The van der Waals surface area contributed by atoms with Crippen LogP contribution in [0.1, 0.15) is 67.9 Å². The maximum absolute atomic E-state index is 13.9. The van der Waals surface area contributed by atoms with E-state index in [1.54, 1.807) is 74.0 Å². The number of nitrogens with one attached hydrogen (secondary N) is 1. The molecule has 0 bridgehead atoms. The number of nitrogens with zero attached hydrogens (tertiary/aromatic N) is 2. The van der Waals surface area contributed by atoms with E-state index in [2.05, 4.69) is 9.88 Å². The van der Waals surface area contributed by atoms with Gasteiger partial charge in [0, 0.05) is 18.0 Å². The molecule has 0 saturated heterocycles. The average molecular weight is 774 g/mol. The van der Waals surface area contributed by atoms with E-state index in [1.165, 1.54) is 26.5 Å². The first-order chi connectivity index (χ1) is 26.6. The number of benzene rings is 3. The molecule has 1 saturated carbocycles. The normalized spacial score (nSPS) is 15.4. The summed E-state index contributed by atoms with van der Waals surface area (Å²) in [4.78, 5) is 43.1. The number of esters is 1. The lowest BCUT2D eigenvalue weighted by atomic mass is 9.95. The zero-order chi connectivity index (χ0) is 39.0. The highest BCUT2D eigenvalue weighted by Gasteiger charge is 2.34. The summed E-state index contributed by atoms with van der Waals surface area (Å²) in [5.74, 6) is -1.15. The van der Waals surface area contributed by atoms with Gasteiger partial charge < -0.3 is 38.1 Å². The van der Waals surface area contributed by atoms with E-state index in [0.29, 0.717) is 11.1 Å². The number of aliphatic carboxylic acids is 1. The number of carboxylic acid groups (broad SMARTS) is 1. The van der Waals surface area contributed by atoms with E-state index >= 15 is 0 Å². The summed E-state index contributed by atoms with van der Waals surface area (Å²) in [6.07, 6.45) is 6.89. The number of rotatable bonds is 17. The number of methoxy groups -OCH3 is 1. The highest BCUT2D eigenvalue weighted by atomic mass is 31.2. The van der Waals surface area contributed by atoms with Crippen LogP contribution in [0.2, 0.25) is 0 Å². The fraction of sp³-hybridized carbons (Fsp3) is 0.350. The predicted molar refractivity (Wildman–Crippen MR) is 202 cm³/mol. The molecule has 1 aliphatic rings. The topological polar surface area (TPSA) is 178 Å². The molecule has 15 heteroatoms. The molecule has 1 amide bonds. The molecule has 3 unspecified atom stereocenters. The quantitative estimate of drug-likeness (QED) is 0.0693. The van der Waals surface area contributed by atoms with Gasteiger partial charge in [-0.25, -0.2) is 19.1 Å². The Bertz CT molecular complexity index is 2150. The molecular weight excluding hydrogens is 729 g/mol. The molecule has 2 aromatic heterocycles. The average Bonchev–Trinajstić information content (AvgIpc) is 3.86. The van der Waals surface area contributed by atoms with Gasteiger partial charge >= 0.3 is 19.5 Å². The van der Waals surface area contributed by atoms with E-state index in [0.717, 1.165) is 42.6 Å². The molecule has 6 rings (SSSR count). The van der Waals surface area contributed by atoms with Crippen molar-refractivity contribution in [3.05, 3.63) is 96.4 Å². The lowest BCUT2D eigenvalue weighted by Gasteiger charge is -2.25. The number of aromatic nitrogens is 2. The fourth-order valence-corrected chi connectivity index (χ4v) is 8.06. The predicted octanol–water partition coefficient (Wildman–Crippen LogP) is 7.81. The Morgan fingerprint density at radius 2 is 1.80 bits per heavy atom. The Labute approximate surface area is 318 Å². The number of amides is 1. The number of imidazole rings is 1. The Morgan fingerprint density at radius 1 is 1.02 bits per heavy atom. The summed E-state index contributed by atoms with van der Waals surface area (Å²) in [7, 11) is -2.72. The second kappa shape index (κ2) is 17.7. The third kappa shape index (κ3) is 9.56. The lowest BCUT2D eigenvalue weighted by Crippen LogP contribution is -2.42. The molecule has 0 spiro atoms. The van der Waals surface area contributed by atoms with Gasteiger partial charge in [0.05, 0.1) is 36.6 Å². The van der Waals surface area contributed by atoms with Crippen LogP contribution in [0, 0.1) is 0 Å².